The van der Waals surface area contributed by atoms with E-state index in [-0.39, 0.29) is 24.3 Å². The number of carbonyl (C=O) groups excluding carboxylic acids is 1. The third-order valence-corrected chi connectivity index (χ3v) is 4.07. The summed E-state index contributed by atoms with van der Waals surface area (Å²) in [5.74, 6) is 0.714. The van der Waals surface area contributed by atoms with Crippen LogP contribution in [0.5, 0.6) is 11.5 Å². The van der Waals surface area contributed by atoms with Gasteiger partial charge in [-0.05, 0) is 37.3 Å². The van der Waals surface area contributed by atoms with Gasteiger partial charge in [-0.2, -0.15) is 0 Å². The quantitative estimate of drug-likeness (QED) is 0.626. The first-order chi connectivity index (χ1) is 13.1. The average molecular weight is 364 g/mol. The summed E-state index contributed by atoms with van der Waals surface area (Å²) in [5.41, 5.74) is 1.10. The third kappa shape index (κ3) is 5.15. The number of carbonyl (C=O) groups is 1. The molecule has 0 aliphatic heterocycles. The monoisotopic (exact) mass is 364 g/mol. The molecule has 1 unspecified atom stereocenters. The largest absolute Gasteiger partial charge is 0.455 e. The number of hydrogen-bond acceptors (Lipinski definition) is 3. The fraction of sp³-hybridized carbons (Fsp3) is 0.136. The Morgan fingerprint density at radius 1 is 0.963 bits per heavy atom. The number of nitrogens with one attached hydrogen (secondary N) is 2. The Morgan fingerprint density at radius 2 is 1.63 bits per heavy atom. The van der Waals surface area contributed by atoms with Crippen LogP contribution in [0.15, 0.2) is 78.9 Å². The SMILES string of the molecule is CC(NCC(=O)Nc1ccccc1Oc1ccccc1)c1ccccc1F. The maximum Gasteiger partial charge on any atom is 0.238 e. The van der Waals surface area contributed by atoms with Crippen molar-refractivity contribution >= 4 is 11.6 Å². The molecule has 1 amide bonds. The zero-order chi connectivity index (χ0) is 19.1. The van der Waals surface area contributed by atoms with Crippen molar-refractivity contribution < 1.29 is 13.9 Å². The van der Waals surface area contributed by atoms with Gasteiger partial charge in [0.15, 0.2) is 5.75 Å². The van der Waals surface area contributed by atoms with E-state index in [1.165, 1.54) is 6.07 Å². The first kappa shape index (κ1) is 18.6. The second-order valence-corrected chi connectivity index (χ2v) is 6.08. The van der Waals surface area contributed by atoms with E-state index in [0.717, 1.165) is 0 Å². The van der Waals surface area contributed by atoms with E-state index in [1.54, 1.807) is 30.3 Å². The smallest absolute Gasteiger partial charge is 0.238 e. The van der Waals surface area contributed by atoms with Crippen molar-refractivity contribution in [3.8, 4) is 11.5 Å². The molecule has 0 fully saturated rings. The normalized spacial score (nSPS) is 11.6. The summed E-state index contributed by atoms with van der Waals surface area (Å²) >= 11 is 0. The molecule has 0 saturated heterocycles. The zero-order valence-corrected chi connectivity index (χ0v) is 15.0. The van der Waals surface area contributed by atoms with Gasteiger partial charge in [-0.3, -0.25) is 4.79 Å². The maximum atomic E-state index is 13.8. The van der Waals surface area contributed by atoms with Crippen LogP contribution >= 0.6 is 0 Å². The van der Waals surface area contributed by atoms with Gasteiger partial charge in [0.2, 0.25) is 5.91 Å². The molecule has 0 heterocycles. The molecule has 3 rings (SSSR count). The Kier molecular flexibility index (Phi) is 6.18. The van der Waals surface area contributed by atoms with Gasteiger partial charge in [-0.15, -0.1) is 0 Å². The first-order valence-electron chi connectivity index (χ1n) is 8.73. The number of hydrogen-bond donors (Lipinski definition) is 2. The van der Waals surface area contributed by atoms with Crippen molar-refractivity contribution in [2.45, 2.75) is 13.0 Å². The second kappa shape index (κ2) is 8.96. The minimum Gasteiger partial charge on any atom is -0.455 e. The number of para-hydroxylation sites is 3. The average Bonchev–Trinajstić information content (AvgIpc) is 2.69. The summed E-state index contributed by atoms with van der Waals surface area (Å²) in [6.07, 6.45) is 0. The topological polar surface area (TPSA) is 50.4 Å². The van der Waals surface area contributed by atoms with E-state index < -0.39 is 0 Å². The lowest BCUT2D eigenvalue weighted by molar-refractivity contribution is -0.115. The molecule has 0 saturated carbocycles. The van der Waals surface area contributed by atoms with E-state index in [0.29, 0.717) is 22.7 Å². The van der Waals surface area contributed by atoms with E-state index in [4.69, 9.17) is 4.74 Å². The minimum atomic E-state index is -0.292. The van der Waals surface area contributed by atoms with Crippen LogP contribution in [0.25, 0.3) is 0 Å². The van der Waals surface area contributed by atoms with E-state index in [9.17, 15) is 9.18 Å². The van der Waals surface area contributed by atoms with Gasteiger partial charge in [-0.25, -0.2) is 4.39 Å². The van der Waals surface area contributed by atoms with Crippen LogP contribution in [0.3, 0.4) is 0 Å². The fourth-order valence-electron chi connectivity index (χ4n) is 2.65. The van der Waals surface area contributed by atoms with Crippen LogP contribution in [-0.2, 0) is 4.79 Å². The molecule has 0 aliphatic carbocycles. The Balaban J connectivity index is 1.60. The predicted octanol–water partition coefficient (Wildman–Crippen LogP) is 4.91. The molecule has 1 atom stereocenters. The molecule has 0 spiro atoms. The highest BCUT2D eigenvalue weighted by Crippen LogP contribution is 2.29. The van der Waals surface area contributed by atoms with Crippen molar-refractivity contribution in [1.29, 1.82) is 0 Å². The van der Waals surface area contributed by atoms with Gasteiger partial charge < -0.3 is 15.4 Å². The van der Waals surface area contributed by atoms with Crippen molar-refractivity contribution in [3.05, 3.63) is 90.2 Å². The number of ether oxygens (including phenoxy) is 1. The summed E-state index contributed by atoms with van der Waals surface area (Å²) < 4.78 is 19.7. The summed E-state index contributed by atoms with van der Waals surface area (Å²) in [6.45, 7) is 1.87. The second-order valence-electron chi connectivity index (χ2n) is 6.08. The Morgan fingerprint density at radius 3 is 2.41 bits per heavy atom. The summed E-state index contributed by atoms with van der Waals surface area (Å²) in [7, 11) is 0. The molecule has 0 aliphatic rings. The lowest BCUT2D eigenvalue weighted by Gasteiger charge is -2.16. The highest BCUT2D eigenvalue weighted by Gasteiger charge is 2.13. The lowest BCUT2D eigenvalue weighted by Crippen LogP contribution is -2.30. The molecule has 0 bridgehead atoms. The molecule has 2 N–H and O–H groups in total. The van der Waals surface area contributed by atoms with Crippen LogP contribution in [0.2, 0.25) is 0 Å². The van der Waals surface area contributed by atoms with Gasteiger partial charge in [0, 0.05) is 11.6 Å². The lowest BCUT2D eigenvalue weighted by atomic mass is 10.1. The van der Waals surface area contributed by atoms with Crippen molar-refractivity contribution in [2.75, 3.05) is 11.9 Å². The van der Waals surface area contributed by atoms with Crippen molar-refractivity contribution in [3.63, 3.8) is 0 Å². The molecule has 138 valence electrons. The van der Waals surface area contributed by atoms with Crippen LogP contribution in [0.4, 0.5) is 10.1 Å². The van der Waals surface area contributed by atoms with E-state index >= 15 is 0 Å². The molecule has 4 nitrogen and oxygen atoms in total. The van der Waals surface area contributed by atoms with Crippen LogP contribution in [0, 0.1) is 5.82 Å². The number of amides is 1. The van der Waals surface area contributed by atoms with Gasteiger partial charge in [-0.1, -0.05) is 48.5 Å². The Bertz CT molecular complexity index is 900. The van der Waals surface area contributed by atoms with Crippen molar-refractivity contribution in [2.24, 2.45) is 0 Å². The van der Waals surface area contributed by atoms with E-state index in [1.807, 2.05) is 49.4 Å². The van der Waals surface area contributed by atoms with Gasteiger partial charge in [0.1, 0.15) is 11.6 Å². The number of rotatable bonds is 7. The molecule has 0 aromatic heterocycles. The van der Waals surface area contributed by atoms with E-state index in [2.05, 4.69) is 10.6 Å². The fourth-order valence-corrected chi connectivity index (χ4v) is 2.65. The van der Waals surface area contributed by atoms with Crippen LogP contribution < -0.4 is 15.4 Å². The predicted molar refractivity (Wildman–Crippen MR) is 104 cm³/mol. The Labute approximate surface area is 158 Å². The maximum absolute atomic E-state index is 13.8. The Hall–Kier alpha value is -3.18. The molecular weight excluding hydrogens is 343 g/mol. The summed E-state index contributed by atoms with van der Waals surface area (Å²) in [5, 5.41) is 5.87. The molecule has 3 aromatic carbocycles. The molecular formula is C22H21FN2O2. The first-order valence-corrected chi connectivity index (χ1v) is 8.73. The zero-order valence-electron chi connectivity index (χ0n) is 15.0. The van der Waals surface area contributed by atoms with Gasteiger partial charge in [0.05, 0.1) is 12.2 Å². The number of benzene rings is 3. The molecule has 0 radical (unpaired) electrons. The number of halogens is 1. The highest BCUT2D eigenvalue weighted by molar-refractivity contribution is 5.93. The van der Waals surface area contributed by atoms with Crippen LogP contribution in [0.1, 0.15) is 18.5 Å². The third-order valence-electron chi connectivity index (χ3n) is 4.07. The molecule has 3 aromatic rings. The molecule has 27 heavy (non-hydrogen) atoms. The minimum absolute atomic E-state index is 0.0508. The highest BCUT2D eigenvalue weighted by atomic mass is 19.1. The van der Waals surface area contributed by atoms with Crippen molar-refractivity contribution in [1.82, 2.24) is 5.32 Å². The summed E-state index contributed by atoms with van der Waals surface area (Å²) in [6, 6.07) is 22.8. The number of anilines is 1. The van der Waals surface area contributed by atoms with Gasteiger partial charge in [0.25, 0.3) is 0 Å². The molecule has 5 heteroatoms. The van der Waals surface area contributed by atoms with Crippen LogP contribution in [-0.4, -0.2) is 12.5 Å². The summed E-state index contributed by atoms with van der Waals surface area (Å²) in [4.78, 5) is 12.3. The van der Waals surface area contributed by atoms with Gasteiger partial charge >= 0.3 is 0 Å². The standard InChI is InChI=1S/C22H21FN2O2/c1-16(18-11-5-6-12-19(18)23)24-15-22(26)25-20-13-7-8-14-21(20)27-17-9-3-2-4-10-17/h2-14,16,24H,15H2,1H3,(H,25,26).